The SMILES string of the molecule is COc1c(N)cc(S(=O)(=O)Nc2ccncc2C)cc1F. The fraction of sp³-hybridized carbons (Fsp3) is 0.154. The monoisotopic (exact) mass is 311 g/mol. The van der Waals surface area contributed by atoms with Gasteiger partial charge in [0.15, 0.2) is 11.6 Å². The maximum atomic E-state index is 13.8. The van der Waals surface area contributed by atoms with E-state index in [0.29, 0.717) is 11.3 Å². The molecule has 0 atom stereocenters. The summed E-state index contributed by atoms with van der Waals surface area (Å²) in [6.45, 7) is 1.70. The van der Waals surface area contributed by atoms with Crippen LogP contribution in [0.15, 0.2) is 35.5 Å². The molecule has 1 heterocycles. The Balaban J connectivity index is 2.43. The summed E-state index contributed by atoms with van der Waals surface area (Å²) < 4.78 is 45.4. The van der Waals surface area contributed by atoms with E-state index in [0.717, 1.165) is 12.1 Å². The van der Waals surface area contributed by atoms with Crippen molar-refractivity contribution in [1.29, 1.82) is 0 Å². The number of benzene rings is 1. The molecule has 2 aromatic rings. The Labute approximate surface area is 121 Å². The summed E-state index contributed by atoms with van der Waals surface area (Å²) in [5.41, 5.74) is 6.49. The normalized spacial score (nSPS) is 11.2. The molecule has 0 amide bonds. The highest BCUT2D eigenvalue weighted by molar-refractivity contribution is 7.92. The first-order valence-corrected chi connectivity index (χ1v) is 7.40. The van der Waals surface area contributed by atoms with Gasteiger partial charge in [-0.25, -0.2) is 12.8 Å². The first-order valence-electron chi connectivity index (χ1n) is 5.91. The standard InChI is InChI=1S/C13H14FN3O3S/c1-8-7-16-4-3-12(8)17-21(18,19)9-5-10(14)13(20-2)11(15)6-9/h3-7H,15H2,1-2H3,(H,16,17). The van der Waals surface area contributed by atoms with Gasteiger partial charge in [-0.2, -0.15) is 0 Å². The summed E-state index contributed by atoms with van der Waals surface area (Å²) in [6.07, 6.45) is 2.97. The highest BCUT2D eigenvalue weighted by Crippen LogP contribution is 2.29. The predicted molar refractivity (Wildman–Crippen MR) is 77.1 cm³/mol. The third kappa shape index (κ3) is 3.05. The third-order valence-corrected chi connectivity index (χ3v) is 4.17. The second kappa shape index (κ2) is 5.57. The summed E-state index contributed by atoms with van der Waals surface area (Å²) >= 11 is 0. The summed E-state index contributed by atoms with van der Waals surface area (Å²) in [6, 6.07) is 3.50. The fourth-order valence-electron chi connectivity index (χ4n) is 1.75. The topological polar surface area (TPSA) is 94.3 Å². The van der Waals surface area contributed by atoms with E-state index in [1.54, 1.807) is 6.92 Å². The number of ether oxygens (including phenoxy) is 1. The fourth-order valence-corrected chi connectivity index (χ4v) is 2.93. The molecule has 0 saturated heterocycles. The number of hydrogen-bond acceptors (Lipinski definition) is 5. The van der Waals surface area contributed by atoms with Gasteiger partial charge in [0.2, 0.25) is 0 Å². The molecule has 0 aliphatic heterocycles. The van der Waals surface area contributed by atoms with Gasteiger partial charge in [0.1, 0.15) is 0 Å². The molecule has 0 bridgehead atoms. The van der Waals surface area contributed by atoms with Crippen molar-refractivity contribution in [2.24, 2.45) is 0 Å². The number of nitrogen functional groups attached to an aromatic ring is 1. The molecule has 0 fully saturated rings. The Morgan fingerprint density at radius 1 is 1.38 bits per heavy atom. The van der Waals surface area contributed by atoms with E-state index in [1.165, 1.54) is 25.6 Å². The van der Waals surface area contributed by atoms with Crippen LogP contribution in [0, 0.1) is 12.7 Å². The quantitative estimate of drug-likeness (QED) is 0.841. The lowest BCUT2D eigenvalue weighted by Gasteiger charge is -2.12. The molecule has 0 aliphatic rings. The molecule has 3 N–H and O–H groups in total. The number of nitrogens with zero attached hydrogens (tertiary/aromatic N) is 1. The van der Waals surface area contributed by atoms with Gasteiger partial charge in [-0.1, -0.05) is 0 Å². The van der Waals surface area contributed by atoms with Crippen molar-refractivity contribution < 1.29 is 17.5 Å². The first-order chi connectivity index (χ1) is 9.85. The van der Waals surface area contributed by atoms with Crippen molar-refractivity contribution in [3.05, 3.63) is 42.0 Å². The lowest BCUT2D eigenvalue weighted by atomic mass is 10.3. The van der Waals surface area contributed by atoms with Crippen molar-refractivity contribution in [2.45, 2.75) is 11.8 Å². The Morgan fingerprint density at radius 2 is 2.10 bits per heavy atom. The average Bonchev–Trinajstić information content (AvgIpc) is 2.41. The van der Waals surface area contributed by atoms with Crippen LogP contribution in [0.2, 0.25) is 0 Å². The molecular weight excluding hydrogens is 297 g/mol. The van der Waals surface area contributed by atoms with Crippen molar-refractivity contribution in [3.63, 3.8) is 0 Å². The maximum Gasteiger partial charge on any atom is 0.262 e. The first kappa shape index (κ1) is 15.0. The maximum absolute atomic E-state index is 13.8. The highest BCUT2D eigenvalue weighted by Gasteiger charge is 2.20. The molecule has 6 nitrogen and oxygen atoms in total. The van der Waals surface area contributed by atoms with Gasteiger partial charge < -0.3 is 10.5 Å². The van der Waals surface area contributed by atoms with Crippen LogP contribution in [0.4, 0.5) is 15.8 Å². The molecule has 2 rings (SSSR count). The van der Waals surface area contributed by atoms with Crippen LogP contribution in [-0.2, 0) is 10.0 Å². The molecule has 21 heavy (non-hydrogen) atoms. The van der Waals surface area contributed by atoms with E-state index in [-0.39, 0.29) is 16.3 Å². The summed E-state index contributed by atoms with van der Waals surface area (Å²) in [5.74, 6) is -1.03. The molecule has 1 aromatic heterocycles. The number of pyridine rings is 1. The second-order valence-corrected chi connectivity index (χ2v) is 6.01. The van der Waals surface area contributed by atoms with Crippen LogP contribution in [0.3, 0.4) is 0 Å². The minimum absolute atomic E-state index is 0.0932. The van der Waals surface area contributed by atoms with Crippen molar-refractivity contribution in [2.75, 3.05) is 17.6 Å². The highest BCUT2D eigenvalue weighted by atomic mass is 32.2. The Hall–Kier alpha value is -2.35. The summed E-state index contributed by atoms with van der Waals surface area (Å²) in [5, 5.41) is 0. The second-order valence-electron chi connectivity index (χ2n) is 4.32. The van der Waals surface area contributed by atoms with E-state index >= 15 is 0 Å². The van der Waals surface area contributed by atoms with Gasteiger partial charge in [-0.05, 0) is 30.7 Å². The lowest BCUT2D eigenvalue weighted by Crippen LogP contribution is -2.14. The molecule has 112 valence electrons. The Morgan fingerprint density at radius 3 is 2.67 bits per heavy atom. The number of sulfonamides is 1. The number of aromatic nitrogens is 1. The van der Waals surface area contributed by atoms with Gasteiger partial charge in [-0.15, -0.1) is 0 Å². The molecule has 0 unspecified atom stereocenters. The largest absolute Gasteiger partial charge is 0.492 e. The molecule has 0 saturated carbocycles. The number of halogens is 1. The molecule has 0 aliphatic carbocycles. The summed E-state index contributed by atoms with van der Waals surface area (Å²) in [7, 11) is -2.71. The van der Waals surface area contributed by atoms with Gasteiger partial charge in [0.05, 0.1) is 23.4 Å². The zero-order valence-corrected chi connectivity index (χ0v) is 12.2. The van der Waals surface area contributed by atoms with Crippen LogP contribution in [0.1, 0.15) is 5.56 Å². The number of nitrogens with two attached hydrogens (primary N) is 1. The predicted octanol–water partition coefficient (Wildman–Crippen LogP) is 1.92. The van der Waals surface area contributed by atoms with Crippen molar-refractivity contribution in [1.82, 2.24) is 4.98 Å². The molecule has 1 aromatic carbocycles. The number of anilines is 2. The van der Waals surface area contributed by atoms with Crippen molar-refractivity contribution in [3.8, 4) is 5.75 Å². The van der Waals surface area contributed by atoms with E-state index in [1.807, 2.05) is 0 Å². The van der Waals surface area contributed by atoms with E-state index in [2.05, 4.69) is 9.71 Å². The molecule has 8 heteroatoms. The molecule has 0 spiro atoms. The minimum Gasteiger partial charge on any atom is -0.492 e. The zero-order valence-electron chi connectivity index (χ0n) is 11.4. The third-order valence-electron chi connectivity index (χ3n) is 2.82. The van der Waals surface area contributed by atoms with Gasteiger partial charge in [-0.3, -0.25) is 9.71 Å². The smallest absolute Gasteiger partial charge is 0.262 e. The zero-order chi connectivity index (χ0) is 15.6. The molecular formula is C13H14FN3O3S. The number of methoxy groups -OCH3 is 1. The Bertz CT molecular complexity index is 755. The molecule has 0 radical (unpaired) electrons. The van der Waals surface area contributed by atoms with E-state index < -0.39 is 15.8 Å². The van der Waals surface area contributed by atoms with E-state index in [9.17, 15) is 12.8 Å². The van der Waals surface area contributed by atoms with Gasteiger partial charge in [0, 0.05) is 12.4 Å². The van der Waals surface area contributed by atoms with Crippen LogP contribution in [0.25, 0.3) is 0 Å². The van der Waals surface area contributed by atoms with Crippen LogP contribution < -0.4 is 15.2 Å². The number of aryl methyl sites for hydroxylation is 1. The van der Waals surface area contributed by atoms with Crippen molar-refractivity contribution >= 4 is 21.4 Å². The van der Waals surface area contributed by atoms with Gasteiger partial charge in [0.25, 0.3) is 10.0 Å². The lowest BCUT2D eigenvalue weighted by molar-refractivity contribution is 0.388. The number of nitrogens with one attached hydrogen (secondary N) is 1. The minimum atomic E-state index is -3.96. The number of rotatable bonds is 4. The van der Waals surface area contributed by atoms with Crippen LogP contribution in [0.5, 0.6) is 5.75 Å². The Kier molecular flexibility index (Phi) is 3.99. The summed E-state index contributed by atoms with van der Waals surface area (Å²) in [4.78, 5) is 3.58. The van der Waals surface area contributed by atoms with Crippen LogP contribution >= 0.6 is 0 Å². The van der Waals surface area contributed by atoms with Gasteiger partial charge >= 0.3 is 0 Å². The average molecular weight is 311 g/mol. The number of hydrogen-bond donors (Lipinski definition) is 2. The van der Waals surface area contributed by atoms with Crippen LogP contribution in [-0.4, -0.2) is 20.5 Å². The van der Waals surface area contributed by atoms with E-state index in [4.69, 9.17) is 10.5 Å².